The van der Waals surface area contributed by atoms with Crippen LogP contribution in [-0.4, -0.2) is 17.7 Å². The fraction of sp³-hybridized carbons (Fsp3) is 0.0714. The molecule has 3 nitrogen and oxygen atoms in total. The number of rotatable bonds is 4. The molecule has 0 saturated carbocycles. The van der Waals surface area contributed by atoms with E-state index in [0.717, 1.165) is 11.1 Å². The maximum atomic E-state index is 10.4. The number of halogens is 1. The van der Waals surface area contributed by atoms with E-state index in [4.69, 9.17) is 9.84 Å². The molecule has 0 saturated heterocycles. The average molecular weight is 354 g/mol. The fourth-order valence-corrected chi connectivity index (χ4v) is 1.89. The number of hydrogen-bond donors (Lipinski definition) is 1. The first kappa shape index (κ1) is 12.9. The number of benzene rings is 2. The minimum Gasteiger partial charge on any atom is -0.482 e. The van der Waals surface area contributed by atoms with E-state index >= 15 is 0 Å². The van der Waals surface area contributed by atoms with E-state index in [0.29, 0.717) is 5.75 Å². The van der Waals surface area contributed by atoms with Crippen molar-refractivity contribution < 1.29 is 14.6 Å². The highest BCUT2D eigenvalue weighted by atomic mass is 127. The number of hydrogen-bond acceptors (Lipinski definition) is 2. The lowest BCUT2D eigenvalue weighted by atomic mass is 10.1. The second-order valence-corrected chi connectivity index (χ2v) is 4.96. The van der Waals surface area contributed by atoms with Gasteiger partial charge in [-0.3, -0.25) is 0 Å². The minimum atomic E-state index is -0.975. The van der Waals surface area contributed by atoms with Crippen molar-refractivity contribution in [2.24, 2.45) is 0 Å². The van der Waals surface area contributed by atoms with Gasteiger partial charge in [-0.2, -0.15) is 0 Å². The van der Waals surface area contributed by atoms with Gasteiger partial charge in [0.15, 0.2) is 6.61 Å². The van der Waals surface area contributed by atoms with Crippen molar-refractivity contribution in [1.29, 1.82) is 0 Å². The van der Waals surface area contributed by atoms with Crippen LogP contribution in [0.4, 0.5) is 0 Å². The van der Waals surface area contributed by atoms with Crippen LogP contribution in [0.25, 0.3) is 11.1 Å². The van der Waals surface area contributed by atoms with Crippen molar-refractivity contribution in [3.05, 3.63) is 52.1 Å². The topological polar surface area (TPSA) is 46.5 Å². The van der Waals surface area contributed by atoms with Crippen LogP contribution < -0.4 is 4.74 Å². The van der Waals surface area contributed by atoms with Gasteiger partial charge in [-0.1, -0.05) is 24.3 Å². The molecular weight excluding hydrogens is 343 g/mol. The van der Waals surface area contributed by atoms with Crippen LogP contribution in [0.15, 0.2) is 48.5 Å². The Kier molecular flexibility index (Phi) is 4.19. The molecular formula is C14H11IO3. The van der Waals surface area contributed by atoms with Crippen LogP contribution in [-0.2, 0) is 4.79 Å². The highest BCUT2D eigenvalue weighted by molar-refractivity contribution is 14.1. The first-order chi connectivity index (χ1) is 8.65. The molecule has 0 radical (unpaired) electrons. The summed E-state index contributed by atoms with van der Waals surface area (Å²) in [5, 5.41) is 8.51. The third-order valence-corrected chi connectivity index (χ3v) is 3.11. The molecule has 4 heteroatoms. The van der Waals surface area contributed by atoms with Gasteiger partial charge in [0, 0.05) is 3.57 Å². The number of carboxylic acids is 1. The first-order valence-corrected chi connectivity index (χ1v) is 6.43. The molecule has 0 aliphatic heterocycles. The Bertz CT molecular complexity index is 532. The molecule has 0 aliphatic carbocycles. The summed E-state index contributed by atoms with van der Waals surface area (Å²) in [7, 11) is 0. The van der Waals surface area contributed by atoms with Crippen molar-refractivity contribution in [3.8, 4) is 16.9 Å². The van der Waals surface area contributed by atoms with Crippen molar-refractivity contribution >= 4 is 28.6 Å². The van der Waals surface area contributed by atoms with Gasteiger partial charge in [-0.05, 0) is 58.0 Å². The molecule has 2 aromatic rings. The molecule has 0 unspecified atom stereocenters. The third kappa shape index (κ3) is 3.46. The second kappa shape index (κ2) is 5.86. The average Bonchev–Trinajstić information content (AvgIpc) is 2.38. The Morgan fingerprint density at radius 1 is 1.00 bits per heavy atom. The quantitative estimate of drug-likeness (QED) is 0.856. The van der Waals surface area contributed by atoms with Crippen LogP contribution in [0.5, 0.6) is 5.75 Å². The molecule has 0 spiro atoms. The molecule has 0 heterocycles. The Balaban J connectivity index is 2.12. The molecule has 0 aliphatic rings. The molecule has 0 amide bonds. The fourth-order valence-electron chi connectivity index (χ4n) is 1.53. The van der Waals surface area contributed by atoms with Crippen molar-refractivity contribution in [2.45, 2.75) is 0 Å². The van der Waals surface area contributed by atoms with Gasteiger partial charge >= 0.3 is 5.97 Å². The van der Waals surface area contributed by atoms with Crippen LogP contribution in [0.1, 0.15) is 0 Å². The van der Waals surface area contributed by atoms with Gasteiger partial charge < -0.3 is 9.84 Å². The smallest absolute Gasteiger partial charge is 0.341 e. The summed E-state index contributed by atoms with van der Waals surface area (Å²) < 4.78 is 6.27. The Morgan fingerprint density at radius 3 is 2.00 bits per heavy atom. The van der Waals surface area contributed by atoms with Gasteiger partial charge in [0.1, 0.15) is 5.75 Å². The lowest BCUT2D eigenvalue weighted by Gasteiger charge is -2.05. The molecule has 18 heavy (non-hydrogen) atoms. The summed E-state index contributed by atoms with van der Waals surface area (Å²) in [6, 6.07) is 15.6. The Hall–Kier alpha value is -1.56. The van der Waals surface area contributed by atoms with Gasteiger partial charge in [0.05, 0.1) is 0 Å². The van der Waals surface area contributed by atoms with Gasteiger partial charge in [0.2, 0.25) is 0 Å². The number of ether oxygens (including phenoxy) is 1. The maximum Gasteiger partial charge on any atom is 0.341 e. The van der Waals surface area contributed by atoms with E-state index in [1.54, 1.807) is 12.1 Å². The largest absolute Gasteiger partial charge is 0.482 e. The molecule has 0 aromatic heterocycles. The summed E-state index contributed by atoms with van der Waals surface area (Å²) >= 11 is 2.26. The molecule has 0 atom stereocenters. The lowest BCUT2D eigenvalue weighted by molar-refractivity contribution is -0.139. The monoisotopic (exact) mass is 354 g/mol. The third-order valence-electron chi connectivity index (χ3n) is 2.39. The molecule has 92 valence electrons. The van der Waals surface area contributed by atoms with E-state index in [1.807, 2.05) is 24.3 Å². The number of carboxylic acid groups (broad SMARTS) is 1. The van der Waals surface area contributed by atoms with E-state index in [9.17, 15) is 4.79 Å². The normalized spacial score (nSPS) is 10.1. The van der Waals surface area contributed by atoms with Gasteiger partial charge in [-0.15, -0.1) is 0 Å². The Labute approximate surface area is 119 Å². The zero-order valence-electron chi connectivity index (χ0n) is 9.47. The van der Waals surface area contributed by atoms with Crippen LogP contribution in [0, 0.1) is 3.57 Å². The van der Waals surface area contributed by atoms with Crippen LogP contribution >= 0.6 is 22.6 Å². The predicted octanol–water partition coefficient (Wildman–Crippen LogP) is 3.42. The molecule has 1 N–H and O–H groups in total. The summed E-state index contributed by atoms with van der Waals surface area (Å²) in [4.78, 5) is 10.4. The summed E-state index contributed by atoms with van der Waals surface area (Å²) in [5.74, 6) is -0.414. The number of carbonyl (C=O) groups is 1. The van der Waals surface area contributed by atoms with Gasteiger partial charge in [0.25, 0.3) is 0 Å². The van der Waals surface area contributed by atoms with E-state index in [2.05, 4.69) is 34.7 Å². The molecule has 2 aromatic carbocycles. The summed E-state index contributed by atoms with van der Waals surface area (Å²) in [5.41, 5.74) is 2.20. The highest BCUT2D eigenvalue weighted by Gasteiger charge is 2.01. The van der Waals surface area contributed by atoms with Gasteiger partial charge in [-0.25, -0.2) is 4.79 Å². The van der Waals surface area contributed by atoms with Crippen LogP contribution in [0.2, 0.25) is 0 Å². The van der Waals surface area contributed by atoms with E-state index in [1.165, 1.54) is 3.57 Å². The maximum absolute atomic E-state index is 10.4. The van der Waals surface area contributed by atoms with Crippen molar-refractivity contribution in [3.63, 3.8) is 0 Å². The number of aliphatic carboxylic acids is 1. The van der Waals surface area contributed by atoms with E-state index in [-0.39, 0.29) is 6.61 Å². The zero-order chi connectivity index (χ0) is 13.0. The van der Waals surface area contributed by atoms with Crippen LogP contribution in [0.3, 0.4) is 0 Å². The van der Waals surface area contributed by atoms with Crippen molar-refractivity contribution in [2.75, 3.05) is 6.61 Å². The second-order valence-electron chi connectivity index (χ2n) is 3.71. The SMILES string of the molecule is O=C(O)COc1ccc(-c2ccc(I)cc2)cc1. The first-order valence-electron chi connectivity index (χ1n) is 5.36. The highest BCUT2D eigenvalue weighted by Crippen LogP contribution is 2.23. The standard InChI is InChI=1S/C14H11IO3/c15-12-5-1-10(2-6-12)11-3-7-13(8-4-11)18-9-14(16)17/h1-8H,9H2,(H,16,17). The lowest BCUT2D eigenvalue weighted by Crippen LogP contribution is -2.09. The minimum absolute atomic E-state index is 0.317. The molecule has 0 fully saturated rings. The Morgan fingerprint density at radius 2 is 1.50 bits per heavy atom. The predicted molar refractivity (Wildman–Crippen MR) is 77.7 cm³/mol. The van der Waals surface area contributed by atoms with E-state index < -0.39 is 5.97 Å². The van der Waals surface area contributed by atoms with Crippen molar-refractivity contribution in [1.82, 2.24) is 0 Å². The summed E-state index contributed by atoms with van der Waals surface area (Å²) in [6.07, 6.45) is 0. The molecule has 2 rings (SSSR count). The summed E-state index contributed by atoms with van der Waals surface area (Å²) in [6.45, 7) is -0.317. The zero-order valence-corrected chi connectivity index (χ0v) is 11.6. The molecule has 0 bridgehead atoms.